The molecule has 0 aromatic heterocycles. The van der Waals surface area contributed by atoms with Crippen LogP contribution in [0.2, 0.25) is 0 Å². The first-order valence-electron chi connectivity index (χ1n) is 30.4. The van der Waals surface area contributed by atoms with Gasteiger partial charge in [0.1, 0.15) is 24.7 Å². The van der Waals surface area contributed by atoms with E-state index in [4.69, 9.17) is 33.2 Å². The van der Waals surface area contributed by atoms with E-state index in [1.165, 1.54) is 26.2 Å². The minimum absolute atomic E-state index is 0.0994. The Morgan fingerprint density at radius 2 is 1.40 bits per heavy atom. The summed E-state index contributed by atoms with van der Waals surface area (Å²) in [7, 11) is 5.95. The maximum Gasteiger partial charge on any atom is 0.413 e. The molecule has 1 fully saturated rings. The second-order valence-corrected chi connectivity index (χ2v) is 25.1. The van der Waals surface area contributed by atoms with Crippen LogP contribution in [0.5, 0.6) is 0 Å². The van der Waals surface area contributed by atoms with Gasteiger partial charge in [-0.15, -0.1) is 0 Å². The number of hydrogen-bond acceptors (Lipinski definition) is 17. The molecule has 0 radical (unpaired) electrons. The number of alkyl carbamates (subject to hydrolysis) is 1. The number of nitrogens with zero attached hydrogens (tertiary/aromatic N) is 3. The van der Waals surface area contributed by atoms with E-state index in [0.717, 1.165) is 4.90 Å². The van der Waals surface area contributed by atoms with Gasteiger partial charge in [-0.2, -0.15) is 0 Å². The van der Waals surface area contributed by atoms with E-state index < -0.39 is 133 Å². The maximum atomic E-state index is 14.7. The molecule has 1 aliphatic rings. The van der Waals surface area contributed by atoms with Crippen molar-refractivity contribution in [3.05, 3.63) is 35.9 Å². The molecule has 24 nitrogen and oxygen atoms in total. The lowest BCUT2D eigenvalue weighted by Gasteiger charge is -2.41. The van der Waals surface area contributed by atoms with Crippen molar-refractivity contribution in [2.45, 2.75) is 215 Å². The van der Waals surface area contributed by atoms with Gasteiger partial charge in [0, 0.05) is 47.8 Å². The average Bonchev–Trinajstić information content (AvgIpc) is 2.46. The second kappa shape index (κ2) is 37.2. The number of hydrogen-bond donors (Lipinski definition) is 6. The molecule has 2 rings (SSSR count). The first-order valence-corrected chi connectivity index (χ1v) is 30.4. The minimum Gasteiger partial charge on any atom is -0.444 e. The first kappa shape index (κ1) is 76.4. The SMILES string of the molecule is CCC(C)C(C(CC(=O)N1CCCC1C(OC)C(C)C(=O)NC(C)C(O)c1ccccc1)OC)N(C)C(=O)C(NC(=O)C(C(C)C)N(C)C(=O)OCOC(=O)C(NC(=O)CCNC(=O)OCC(OC(C)C)OC(CO)CC(C)(C)C)C(C)C)C(C)C. The van der Waals surface area contributed by atoms with Crippen LogP contribution in [0.3, 0.4) is 0 Å². The first-order chi connectivity index (χ1) is 40.2. The molecular weight excluding hydrogens is 1110 g/mol. The zero-order valence-corrected chi connectivity index (χ0v) is 54.8. The fourth-order valence-corrected chi connectivity index (χ4v) is 10.7. The van der Waals surface area contributed by atoms with Crippen molar-refractivity contribution in [1.82, 2.24) is 36.0 Å². The van der Waals surface area contributed by atoms with Gasteiger partial charge in [-0.25, -0.2) is 14.4 Å². The van der Waals surface area contributed by atoms with Gasteiger partial charge in [0.2, 0.25) is 36.3 Å². The number of aliphatic hydroxyl groups is 2. The van der Waals surface area contributed by atoms with E-state index in [-0.39, 0.29) is 61.9 Å². The summed E-state index contributed by atoms with van der Waals surface area (Å²) in [6, 6.07) is 3.95. The van der Waals surface area contributed by atoms with Crippen LogP contribution < -0.4 is 21.3 Å². The largest absolute Gasteiger partial charge is 0.444 e. The lowest BCUT2D eigenvalue weighted by Crippen LogP contribution is -2.60. The average molecular weight is 1220 g/mol. The third-order valence-electron chi connectivity index (χ3n) is 15.5. The summed E-state index contributed by atoms with van der Waals surface area (Å²) < 4.78 is 39.5. The van der Waals surface area contributed by atoms with Crippen molar-refractivity contribution in [2.24, 2.45) is 35.0 Å². The third kappa shape index (κ3) is 24.5. The predicted molar refractivity (Wildman–Crippen MR) is 323 cm³/mol. The van der Waals surface area contributed by atoms with Crippen LogP contribution in [-0.2, 0) is 61.9 Å². The van der Waals surface area contributed by atoms with Crippen molar-refractivity contribution in [1.29, 1.82) is 0 Å². The molecule has 1 aliphatic heterocycles. The van der Waals surface area contributed by atoms with Gasteiger partial charge in [-0.3, -0.25) is 28.9 Å². The van der Waals surface area contributed by atoms with Gasteiger partial charge in [0.05, 0.1) is 67.6 Å². The standard InChI is InChI=1S/C62H107N7O17/c1-20-40(10)53(46(80-18)31-48(72)69-30-24-27-45(69)55(81-19)41(11)56(74)64-42(12)54(73)43-25-22-21-23-26-43)67(16)58(76)50(36(2)3)66-57(75)52(38(6)7)68(17)61(79)84-35-83-59(77)51(37(4)5)65-47(71)28-29-63-60(78)82-34-49(85-39(8)9)86-44(33-70)32-62(13,14)15/h21-23,25-26,36-42,44-46,49-55,70,73H,20,24,27-35H2,1-19H3,(H,63,78)(H,64,74)(H,65,71)(H,66,75). The molecule has 86 heavy (non-hydrogen) atoms. The van der Waals surface area contributed by atoms with Crippen molar-refractivity contribution < 1.29 is 81.7 Å². The zero-order valence-electron chi connectivity index (χ0n) is 54.8. The Hall–Kier alpha value is -5.66. The molecule has 492 valence electrons. The Morgan fingerprint density at radius 3 is 1.93 bits per heavy atom. The highest BCUT2D eigenvalue weighted by molar-refractivity contribution is 5.92. The van der Waals surface area contributed by atoms with Crippen LogP contribution in [0.4, 0.5) is 9.59 Å². The van der Waals surface area contributed by atoms with E-state index in [2.05, 4.69) is 21.3 Å². The quantitative estimate of drug-likeness (QED) is 0.0347. The lowest BCUT2D eigenvalue weighted by molar-refractivity contribution is -0.213. The topological polar surface area (TPSA) is 299 Å². The highest BCUT2D eigenvalue weighted by atomic mass is 16.7. The van der Waals surface area contributed by atoms with Crippen LogP contribution in [-0.4, -0.2) is 201 Å². The molecular formula is C62H107N7O17. The van der Waals surface area contributed by atoms with Crippen molar-refractivity contribution >= 4 is 47.7 Å². The fraction of sp³-hybridized carbons (Fsp3) is 0.774. The molecule has 0 saturated carbocycles. The fourth-order valence-electron chi connectivity index (χ4n) is 10.7. The number of esters is 1. The van der Waals surface area contributed by atoms with E-state index >= 15 is 0 Å². The summed E-state index contributed by atoms with van der Waals surface area (Å²) in [5, 5.41) is 31.7. The summed E-state index contributed by atoms with van der Waals surface area (Å²) >= 11 is 0. The predicted octanol–water partition coefficient (Wildman–Crippen LogP) is 5.70. The zero-order chi connectivity index (χ0) is 65.3. The van der Waals surface area contributed by atoms with Gasteiger partial charge in [0.15, 0.2) is 6.29 Å². The summed E-state index contributed by atoms with van der Waals surface area (Å²) in [6.45, 7) is 26.2. The molecule has 1 aromatic carbocycles. The number of nitrogens with one attached hydrogen (secondary N) is 4. The second-order valence-electron chi connectivity index (χ2n) is 25.1. The number of rotatable bonds is 36. The molecule has 6 N–H and O–H groups in total. The summed E-state index contributed by atoms with van der Waals surface area (Å²) in [6.07, 6.45) is -3.95. The van der Waals surface area contributed by atoms with Crippen LogP contribution in [0.1, 0.15) is 154 Å². The Morgan fingerprint density at radius 1 is 0.767 bits per heavy atom. The molecule has 13 atom stereocenters. The maximum absolute atomic E-state index is 14.7. The highest BCUT2D eigenvalue weighted by Crippen LogP contribution is 2.31. The van der Waals surface area contributed by atoms with E-state index in [9.17, 15) is 48.6 Å². The van der Waals surface area contributed by atoms with Crippen LogP contribution in [0, 0.1) is 35.0 Å². The summed E-state index contributed by atoms with van der Waals surface area (Å²) in [5.74, 6) is -5.46. The molecule has 0 spiro atoms. The molecule has 1 aromatic rings. The number of likely N-dealkylation sites (tertiary alicyclic amines) is 1. The van der Waals surface area contributed by atoms with E-state index in [0.29, 0.717) is 37.8 Å². The van der Waals surface area contributed by atoms with Gasteiger partial charge >= 0.3 is 18.2 Å². The smallest absolute Gasteiger partial charge is 0.413 e. The molecule has 1 saturated heterocycles. The highest BCUT2D eigenvalue weighted by Gasteiger charge is 2.44. The van der Waals surface area contributed by atoms with Gasteiger partial charge in [-0.1, -0.05) is 120 Å². The number of aliphatic hydroxyl groups excluding tert-OH is 2. The Kier molecular flexibility index (Phi) is 33.1. The molecule has 13 unspecified atom stereocenters. The van der Waals surface area contributed by atoms with Crippen LogP contribution in [0.25, 0.3) is 0 Å². The lowest BCUT2D eigenvalue weighted by atomic mass is 9.89. The number of amides is 7. The Labute approximate surface area is 511 Å². The summed E-state index contributed by atoms with van der Waals surface area (Å²) in [4.78, 5) is 114. The van der Waals surface area contributed by atoms with Crippen LogP contribution in [0.15, 0.2) is 30.3 Å². The van der Waals surface area contributed by atoms with Crippen molar-refractivity contribution in [3.63, 3.8) is 0 Å². The van der Waals surface area contributed by atoms with Gasteiger partial charge < -0.3 is 74.4 Å². The number of methoxy groups -OCH3 is 2. The molecule has 1 heterocycles. The normalized spacial score (nSPS) is 17.9. The van der Waals surface area contributed by atoms with Crippen molar-refractivity contribution in [3.8, 4) is 0 Å². The van der Waals surface area contributed by atoms with Gasteiger partial charge in [0.25, 0.3) is 0 Å². The van der Waals surface area contributed by atoms with Crippen molar-refractivity contribution in [2.75, 3.05) is 61.4 Å². The number of benzene rings is 1. The Bertz CT molecular complexity index is 2270. The molecule has 0 aliphatic carbocycles. The molecule has 24 heteroatoms. The number of ether oxygens (including phenoxy) is 7. The van der Waals surface area contributed by atoms with Crippen LogP contribution >= 0.6 is 0 Å². The number of likely N-dealkylation sites (N-methyl/N-ethyl adjacent to an activating group) is 2. The van der Waals surface area contributed by atoms with Gasteiger partial charge in [-0.05, 0) is 74.7 Å². The summed E-state index contributed by atoms with van der Waals surface area (Å²) in [5.41, 5.74) is 0.523. The third-order valence-corrected chi connectivity index (χ3v) is 15.5. The Balaban J connectivity index is 2.09. The number of carbonyl (C=O) groups excluding carboxylic acids is 8. The molecule has 7 amide bonds. The van der Waals surface area contributed by atoms with E-state index in [1.54, 1.807) is 93.3 Å². The number of carbonyl (C=O) groups is 8. The van der Waals surface area contributed by atoms with E-state index in [1.807, 2.05) is 52.8 Å². The molecule has 0 bridgehead atoms. The minimum atomic E-state index is -1.17. The monoisotopic (exact) mass is 1220 g/mol.